The Bertz CT molecular complexity index is 3050. The van der Waals surface area contributed by atoms with Crippen molar-refractivity contribution in [3.63, 3.8) is 0 Å². The highest BCUT2D eigenvalue weighted by atomic mass is 14.9. The molecular weight excluding hydrogens is 703 g/mol. The number of aliphatic imine (C=N–C) groups is 2. The molecule has 3 nitrogen and oxygen atoms in total. The Kier molecular flexibility index (Phi) is 9.43. The maximum atomic E-state index is 8.96. The molecule has 0 spiro atoms. The van der Waals surface area contributed by atoms with E-state index >= 15 is 0 Å². The highest BCUT2D eigenvalue weighted by molar-refractivity contribution is 6.31. The quantitative estimate of drug-likeness (QED) is 0.106. The molecule has 9 aromatic rings. The zero-order valence-electron chi connectivity index (χ0n) is 33.0. The smallest absolute Gasteiger partial charge is 0.161 e. The maximum Gasteiger partial charge on any atom is 0.161 e. The van der Waals surface area contributed by atoms with Crippen LogP contribution in [0, 0.1) is 12.3 Å². The predicted molar refractivity (Wildman–Crippen MR) is 248 cm³/mol. The molecule has 9 aromatic carbocycles. The van der Waals surface area contributed by atoms with Gasteiger partial charge in [0.05, 0.1) is 0 Å². The van der Waals surface area contributed by atoms with Gasteiger partial charge in [0.2, 0.25) is 0 Å². The minimum Gasteiger partial charge on any atom is -0.282 e. The molecule has 1 N–H and O–H groups in total. The Hall–Kier alpha value is -7.23. The lowest BCUT2D eigenvalue weighted by atomic mass is 9.82. The zero-order valence-corrected chi connectivity index (χ0v) is 33.0. The van der Waals surface area contributed by atoms with Crippen molar-refractivity contribution in [1.29, 1.82) is 5.41 Å². The van der Waals surface area contributed by atoms with Crippen LogP contribution >= 0.6 is 0 Å². The van der Waals surface area contributed by atoms with Crippen LogP contribution in [-0.4, -0.2) is 18.4 Å². The monoisotopic (exact) mass is 745 g/mol. The number of benzene rings is 9. The van der Waals surface area contributed by atoms with E-state index in [0.717, 1.165) is 38.4 Å². The third-order valence-corrected chi connectivity index (χ3v) is 11.6. The second-order valence-corrected chi connectivity index (χ2v) is 15.5. The molecule has 0 heterocycles. The zero-order chi connectivity index (χ0) is 39.8. The van der Waals surface area contributed by atoms with Gasteiger partial charge in [0.15, 0.2) is 11.7 Å². The number of rotatable bonds is 4. The topological polar surface area (TPSA) is 48.6 Å². The molecule has 0 fully saturated rings. The van der Waals surface area contributed by atoms with Gasteiger partial charge in [0.25, 0.3) is 0 Å². The van der Waals surface area contributed by atoms with Gasteiger partial charge in [-0.2, -0.15) is 0 Å². The summed E-state index contributed by atoms with van der Waals surface area (Å²) in [7, 11) is 0. The van der Waals surface area contributed by atoms with Gasteiger partial charge in [-0.05, 0) is 97.2 Å². The molecule has 0 aromatic heterocycles. The summed E-state index contributed by atoms with van der Waals surface area (Å²) in [4.78, 5) is 9.19. The number of nitrogens with zero attached hydrogens (tertiary/aromatic N) is 2. The minimum absolute atomic E-state index is 0.0280. The Balaban J connectivity index is 0.000000565. The number of hydrogen-bond donors (Lipinski definition) is 1. The van der Waals surface area contributed by atoms with E-state index in [9.17, 15) is 0 Å². The van der Waals surface area contributed by atoms with Gasteiger partial charge < -0.3 is 0 Å². The number of fused-ring (bicyclic) bond motifs is 9. The maximum absolute atomic E-state index is 8.96. The molecule has 1 aliphatic carbocycles. The predicted octanol–water partition coefficient (Wildman–Crippen LogP) is 14.3. The standard InChI is InChI=1S/C48H35N3.C7H8/c1-48(2)43-19-10-9-16-37(43)42-29-34(25-27-44(42)48)33-24-26-39-41(28-33)36-15-8-7-14-35(36)38-17-11-18-40(45(38)39)47(50-3)51-46(49)32-22-20-31(21-23-32)30-12-5-4-6-13-30;1-7-5-3-2-4-6-7/h4-29,49H,3H2,1-2H3;2-6H,1H3. The van der Waals surface area contributed by atoms with Crippen LogP contribution < -0.4 is 0 Å². The summed E-state index contributed by atoms with van der Waals surface area (Å²) >= 11 is 0. The molecule has 278 valence electrons. The number of nitrogens with one attached hydrogen (secondary N) is 1. The average molecular weight is 746 g/mol. The Labute approximate surface area is 340 Å². The van der Waals surface area contributed by atoms with Crippen molar-refractivity contribution in [2.24, 2.45) is 9.98 Å². The molecule has 0 aliphatic heterocycles. The van der Waals surface area contributed by atoms with Crippen molar-refractivity contribution in [2.75, 3.05) is 0 Å². The number of hydrogen-bond acceptors (Lipinski definition) is 1. The van der Waals surface area contributed by atoms with Gasteiger partial charge in [-0.25, -0.2) is 9.98 Å². The van der Waals surface area contributed by atoms with Crippen LogP contribution in [0.25, 0.3) is 65.7 Å². The van der Waals surface area contributed by atoms with Crippen LogP contribution in [0.1, 0.15) is 41.7 Å². The normalized spacial score (nSPS) is 12.8. The van der Waals surface area contributed by atoms with Gasteiger partial charge in [-0.15, -0.1) is 0 Å². The van der Waals surface area contributed by atoms with Crippen molar-refractivity contribution < 1.29 is 0 Å². The summed E-state index contributed by atoms with van der Waals surface area (Å²) in [5.74, 6) is 0.570. The SMILES string of the molecule is C=NC(=NC(=N)c1ccc(-c2ccccc2)cc1)c1cccc2c3ccccc3c3cc(-c4ccc5c(c4)-c4ccccc4C5(C)C)ccc3c12.Cc1ccccc1. The summed E-state index contributed by atoms with van der Waals surface area (Å²) in [5.41, 5.74) is 12.9. The first kappa shape index (κ1) is 36.4. The molecule has 0 radical (unpaired) electrons. The highest BCUT2D eigenvalue weighted by Gasteiger charge is 2.35. The fraction of sp³-hybridized carbons (Fsp3) is 0.0727. The minimum atomic E-state index is -0.0280. The number of aryl methyl sites for hydroxylation is 1. The summed E-state index contributed by atoms with van der Waals surface area (Å²) in [6.07, 6.45) is 0. The molecule has 0 amide bonds. The van der Waals surface area contributed by atoms with Crippen LogP contribution in [0.15, 0.2) is 198 Å². The van der Waals surface area contributed by atoms with E-state index in [1.807, 2.05) is 72.8 Å². The van der Waals surface area contributed by atoms with Crippen LogP contribution in [0.2, 0.25) is 0 Å². The van der Waals surface area contributed by atoms with E-state index in [4.69, 9.17) is 10.4 Å². The third kappa shape index (κ3) is 6.51. The van der Waals surface area contributed by atoms with E-state index in [2.05, 4.69) is 148 Å². The molecule has 10 rings (SSSR count). The average Bonchev–Trinajstić information content (AvgIpc) is 3.51. The highest BCUT2D eigenvalue weighted by Crippen LogP contribution is 2.50. The second-order valence-electron chi connectivity index (χ2n) is 15.5. The van der Waals surface area contributed by atoms with E-state index < -0.39 is 0 Å². The van der Waals surface area contributed by atoms with Crippen molar-refractivity contribution in [3.05, 3.63) is 216 Å². The Morgan fingerprint density at radius 2 is 1.03 bits per heavy atom. The Morgan fingerprint density at radius 1 is 0.483 bits per heavy atom. The Morgan fingerprint density at radius 3 is 1.74 bits per heavy atom. The molecule has 58 heavy (non-hydrogen) atoms. The van der Waals surface area contributed by atoms with Gasteiger partial charge in [0.1, 0.15) is 0 Å². The van der Waals surface area contributed by atoms with E-state index in [0.29, 0.717) is 5.84 Å². The molecule has 0 unspecified atom stereocenters. The lowest BCUT2D eigenvalue weighted by Gasteiger charge is -2.21. The van der Waals surface area contributed by atoms with Crippen LogP contribution in [0.4, 0.5) is 0 Å². The van der Waals surface area contributed by atoms with Gasteiger partial charge >= 0.3 is 0 Å². The fourth-order valence-corrected chi connectivity index (χ4v) is 8.61. The van der Waals surface area contributed by atoms with Crippen LogP contribution in [0.5, 0.6) is 0 Å². The van der Waals surface area contributed by atoms with Crippen molar-refractivity contribution in [3.8, 4) is 33.4 Å². The molecule has 3 heteroatoms. The van der Waals surface area contributed by atoms with Gasteiger partial charge in [-0.1, -0.05) is 195 Å². The van der Waals surface area contributed by atoms with Crippen LogP contribution in [-0.2, 0) is 5.41 Å². The molecule has 1 aliphatic rings. The first-order valence-electron chi connectivity index (χ1n) is 19.8. The summed E-state index contributed by atoms with van der Waals surface area (Å²) in [5, 5.41) is 15.8. The van der Waals surface area contributed by atoms with Crippen molar-refractivity contribution >= 4 is 50.7 Å². The van der Waals surface area contributed by atoms with Crippen LogP contribution in [0.3, 0.4) is 0 Å². The molecule has 0 atom stereocenters. The van der Waals surface area contributed by atoms with E-state index in [-0.39, 0.29) is 11.3 Å². The second kappa shape index (κ2) is 15.0. The van der Waals surface area contributed by atoms with Crippen molar-refractivity contribution in [2.45, 2.75) is 26.2 Å². The summed E-state index contributed by atoms with van der Waals surface area (Å²) in [6, 6.07) is 65.9. The summed E-state index contributed by atoms with van der Waals surface area (Å²) in [6.45, 7) is 10.6. The van der Waals surface area contributed by atoms with Gasteiger partial charge in [0, 0.05) is 21.9 Å². The summed E-state index contributed by atoms with van der Waals surface area (Å²) < 4.78 is 0. The molecule has 0 saturated carbocycles. The first-order chi connectivity index (χ1) is 28.3. The lowest BCUT2D eigenvalue weighted by molar-refractivity contribution is 0.660. The molecule has 0 bridgehead atoms. The van der Waals surface area contributed by atoms with E-state index in [1.54, 1.807) is 0 Å². The third-order valence-electron chi connectivity index (χ3n) is 11.6. The van der Waals surface area contributed by atoms with E-state index in [1.165, 1.54) is 55.1 Å². The number of amidine groups is 2. The molecule has 0 saturated heterocycles. The molecular formula is C55H43N3. The first-order valence-corrected chi connectivity index (χ1v) is 19.8. The fourth-order valence-electron chi connectivity index (χ4n) is 8.61. The lowest BCUT2D eigenvalue weighted by Crippen LogP contribution is -2.14. The van der Waals surface area contributed by atoms with Gasteiger partial charge in [-0.3, -0.25) is 5.41 Å². The largest absolute Gasteiger partial charge is 0.282 e. The van der Waals surface area contributed by atoms with Crippen molar-refractivity contribution in [1.82, 2.24) is 0 Å².